The molecule has 84 valence electrons. The number of carbonyl (C=O) groups excluding carboxylic acids is 1. The fraction of sp³-hybridized carbons (Fsp3) is 0.500. The zero-order chi connectivity index (χ0) is 11.3. The van der Waals surface area contributed by atoms with Gasteiger partial charge in [0.05, 0.1) is 10.9 Å². The predicted molar refractivity (Wildman–Crippen MR) is 64.1 cm³/mol. The highest BCUT2D eigenvalue weighted by Crippen LogP contribution is 2.22. The highest BCUT2D eigenvalue weighted by molar-refractivity contribution is 7.16. The highest BCUT2D eigenvalue weighted by Gasteiger charge is 2.09. The second kappa shape index (κ2) is 6.10. The van der Waals surface area contributed by atoms with Crippen molar-refractivity contribution in [2.75, 3.05) is 13.6 Å². The molecule has 0 aliphatic heterocycles. The fourth-order valence-corrected chi connectivity index (χ4v) is 2.34. The maximum atomic E-state index is 11.6. The average Bonchev–Trinajstić information content (AvgIpc) is 2.60. The Hall–Kier alpha value is -0.580. The van der Waals surface area contributed by atoms with Crippen LogP contribution in [0, 0.1) is 0 Å². The van der Waals surface area contributed by atoms with E-state index in [1.54, 1.807) is 11.9 Å². The summed E-state index contributed by atoms with van der Waals surface area (Å²) in [5.74, 6) is 0.130. The minimum absolute atomic E-state index is 0.130. The molecule has 0 unspecified atom stereocenters. The van der Waals surface area contributed by atoms with Gasteiger partial charge in [0.2, 0.25) is 5.91 Å². The third-order valence-corrected chi connectivity index (χ3v) is 3.26. The van der Waals surface area contributed by atoms with Gasteiger partial charge in [0.1, 0.15) is 0 Å². The van der Waals surface area contributed by atoms with Crippen LogP contribution >= 0.6 is 22.9 Å². The van der Waals surface area contributed by atoms with Gasteiger partial charge in [-0.25, -0.2) is 0 Å². The summed E-state index contributed by atoms with van der Waals surface area (Å²) in [5.41, 5.74) is 5.35. The molecule has 1 heterocycles. The molecule has 3 nitrogen and oxygen atoms in total. The van der Waals surface area contributed by atoms with Crippen LogP contribution in [0.2, 0.25) is 4.34 Å². The van der Waals surface area contributed by atoms with Crippen LogP contribution in [0.5, 0.6) is 0 Å². The number of nitrogens with zero attached hydrogens (tertiary/aromatic N) is 1. The van der Waals surface area contributed by atoms with Crippen molar-refractivity contribution in [2.24, 2.45) is 5.73 Å². The maximum absolute atomic E-state index is 11.6. The Balaban J connectivity index is 2.41. The molecule has 5 heteroatoms. The van der Waals surface area contributed by atoms with Crippen LogP contribution in [-0.2, 0) is 11.3 Å². The molecule has 1 aromatic heterocycles. The zero-order valence-electron chi connectivity index (χ0n) is 8.70. The first-order chi connectivity index (χ1) is 7.13. The molecule has 0 fully saturated rings. The number of carbonyl (C=O) groups is 1. The Morgan fingerprint density at radius 2 is 2.33 bits per heavy atom. The van der Waals surface area contributed by atoms with Crippen molar-refractivity contribution in [3.8, 4) is 0 Å². The van der Waals surface area contributed by atoms with E-state index in [0.29, 0.717) is 19.5 Å². The molecule has 0 saturated carbocycles. The van der Waals surface area contributed by atoms with Crippen molar-refractivity contribution < 1.29 is 4.79 Å². The summed E-state index contributed by atoms with van der Waals surface area (Å²) in [6, 6.07) is 3.79. The van der Waals surface area contributed by atoms with Crippen LogP contribution in [-0.4, -0.2) is 24.4 Å². The van der Waals surface area contributed by atoms with Gasteiger partial charge in [0.25, 0.3) is 0 Å². The quantitative estimate of drug-likeness (QED) is 0.865. The predicted octanol–water partition coefficient (Wildman–Crippen LogP) is 2.10. The second-order valence-electron chi connectivity index (χ2n) is 3.35. The van der Waals surface area contributed by atoms with Crippen LogP contribution in [0.4, 0.5) is 0 Å². The average molecular weight is 247 g/mol. The topological polar surface area (TPSA) is 46.3 Å². The van der Waals surface area contributed by atoms with Crippen molar-refractivity contribution in [3.63, 3.8) is 0 Å². The number of halogens is 1. The third kappa shape index (κ3) is 4.20. The van der Waals surface area contributed by atoms with Crippen LogP contribution in [0.3, 0.4) is 0 Å². The monoisotopic (exact) mass is 246 g/mol. The van der Waals surface area contributed by atoms with E-state index in [-0.39, 0.29) is 5.91 Å². The third-order valence-electron chi connectivity index (χ3n) is 2.04. The summed E-state index contributed by atoms with van der Waals surface area (Å²) in [5, 5.41) is 0. The minimum atomic E-state index is 0.130. The van der Waals surface area contributed by atoms with E-state index in [4.69, 9.17) is 17.3 Å². The lowest BCUT2D eigenvalue weighted by molar-refractivity contribution is -0.130. The second-order valence-corrected chi connectivity index (χ2v) is 5.15. The van der Waals surface area contributed by atoms with Gasteiger partial charge in [-0.2, -0.15) is 0 Å². The van der Waals surface area contributed by atoms with E-state index in [0.717, 1.165) is 15.6 Å². The molecule has 0 radical (unpaired) electrons. The number of hydrogen-bond donors (Lipinski definition) is 1. The maximum Gasteiger partial charge on any atom is 0.222 e. The van der Waals surface area contributed by atoms with Gasteiger partial charge < -0.3 is 10.6 Å². The molecule has 0 bridgehead atoms. The van der Waals surface area contributed by atoms with Crippen LogP contribution in [0.1, 0.15) is 17.7 Å². The van der Waals surface area contributed by atoms with Crippen molar-refractivity contribution in [1.29, 1.82) is 0 Å². The Morgan fingerprint density at radius 1 is 1.60 bits per heavy atom. The molecule has 15 heavy (non-hydrogen) atoms. The van der Waals surface area contributed by atoms with E-state index in [2.05, 4.69) is 0 Å². The number of thiophene rings is 1. The van der Waals surface area contributed by atoms with Gasteiger partial charge in [-0.1, -0.05) is 11.6 Å². The summed E-state index contributed by atoms with van der Waals surface area (Å²) < 4.78 is 0.757. The summed E-state index contributed by atoms with van der Waals surface area (Å²) in [4.78, 5) is 14.4. The molecule has 1 aromatic rings. The Kier molecular flexibility index (Phi) is 5.08. The number of rotatable bonds is 5. The normalized spacial score (nSPS) is 10.3. The lowest BCUT2D eigenvalue weighted by Crippen LogP contribution is -2.26. The van der Waals surface area contributed by atoms with Crippen LogP contribution in [0.15, 0.2) is 12.1 Å². The first-order valence-electron chi connectivity index (χ1n) is 4.81. The molecule has 0 aliphatic carbocycles. The van der Waals surface area contributed by atoms with E-state index in [1.165, 1.54) is 11.3 Å². The molecule has 1 amide bonds. The summed E-state index contributed by atoms with van der Waals surface area (Å²) in [7, 11) is 1.80. The summed E-state index contributed by atoms with van der Waals surface area (Å²) in [6.07, 6.45) is 1.26. The first kappa shape index (κ1) is 12.5. The highest BCUT2D eigenvalue weighted by atomic mass is 35.5. The smallest absolute Gasteiger partial charge is 0.222 e. The van der Waals surface area contributed by atoms with Crippen molar-refractivity contribution in [1.82, 2.24) is 4.90 Å². The van der Waals surface area contributed by atoms with Gasteiger partial charge in [0.15, 0.2) is 0 Å². The van der Waals surface area contributed by atoms with Crippen LogP contribution in [0.25, 0.3) is 0 Å². The van der Waals surface area contributed by atoms with Gasteiger partial charge in [0, 0.05) is 18.3 Å². The molecule has 1 rings (SSSR count). The van der Waals surface area contributed by atoms with Gasteiger partial charge in [-0.05, 0) is 25.1 Å². The largest absolute Gasteiger partial charge is 0.341 e. The van der Waals surface area contributed by atoms with Crippen molar-refractivity contribution >= 4 is 28.8 Å². The summed E-state index contributed by atoms with van der Waals surface area (Å²) in [6.45, 7) is 1.19. The minimum Gasteiger partial charge on any atom is -0.341 e. The van der Waals surface area contributed by atoms with Crippen molar-refractivity contribution in [3.05, 3.63) is 21.3 Å². The molecular formula is C10H15ClN2OS. The molecule has 0 aliphatic rings. The number of nitrogens with two attached hydrogens (primary N) is 1. The number of hydrogen-bond acceptors (Lipinski definition) is 3. The SMILES string of the molecule is CN(Cc1ccc(Cl)s1)C(=O)CCCN. The molecule has 0 aromatic carbocycles. The summed E-state index contributed by atoms with van der Waals surface area (Å²) >= 11 is 7.31. The Labute approximate surface area is 98.8 Å². The molecular weight excluding hydrogens is 232 g/mol. The first-order valence-corrected chi connectivity index (χ1v) is 6.01. The Bertz CT molecular complexity index is 327. The molecule has 0 spiro atoms. The van der Waals surface area contributed by atoms with Gasteiger partial charge in [-0.3, -0.25) is 4.79 Å². The molecule has 2 N–H and O–H groups in total. The zero-order valence-corrected chi connectivity index (χ0v) is 10.3. The standard InChI is InChI=1S/C10H15ClN2OS/c1-13(10(14)3-2-6-12)7-8-4-5-9(11)15-8/h4-5H,2-3,6-7,12H2,1H3. The molecule has 0 saturated heterocycles. The van der Waals surface area contributed by atoms with E-state index >= 15 is 0 Å². The Morgan fingerprint density at radius 3 is 2.87 bits per heavy atom. The van der Waals surface area contributed by atoms with E-state index < -0.39 is 0 Å². The van der Waals surface area contributed by atoms with E-state index in [9.17, 15) is 4.79 Å². The molecule has 0 atom stereocenters. The van der Waals surface area contributed by atoms with Crippen LogP contribution < -0.4 is 5.73 Å². The lowest BCUT2D eigenvalue weighted by Gasteiger charge is -2.15. The number of amides is 1. The van der Waals surface area contributed by atoms with E-state index in [1.807, 2.05) is 12.1 Å². The lowest BCUT2D eigenvalue weighted by atomic mass is 10.3. The fourth-order valence-electron chi connectivity index (χ4n) is 1.20. The van der Waals surface area contributed by atoms with Gasteiger partial charge >= 0.3 is 0 Å². The van der Waals surface area contributed by atoms with Crippen molar-refractivity contribution in [2.45, 2.75) is 19.4 Å². The van der Waals surface area contributed by atoms with Gasteiger partial charge in [-0.15, -0.1) is 11.3 Å².